The standard InChI is InChI=1S/C21H23ClN2O2S/c1-2-24-10-7-15-17(12-24)27-16(19(15)20(23)26)11-18(25)21(8-9-21)13-3-5-14(22)6-4-13/h3-6H,2,7-12H2,1H3,(H2,23,26). The van der Waals surface area contributed by atoms with Gasteiger partial charge in [-0.2, -0.15) is 0 Å². The maximum atomic E-state index is 13.2. The number of nitrogens with two attached hydrogens (primary N) is 1. The van der Waals surface area contributed by atoms with Crippen LogP contribution < -0.4 is 5.73 Å². The number of nitrogens with zero attached hydrogens (tertiary/aromatic N) is 1. The van der Waals surface area contributed by atoms with Gasteiger partial charge in [0.05, 0.1) is 11.0 Å². The molecule has 142 valence electrons. The van der Waals surface area contributed by atoms with Gasteiger partial charge in [0.1, 0.15) is 5.78 Å². The van der Waals surface area contributed by atoms with E-state index in [0.717, 1.165) is 54.9 Å². The predicted molar refractivity (Wildman–Crippen MR) is 109 cm³/mol. The fourth-order valence-corrected chi connectivity index (χ4v) is 5.66. The van der Waals surface area contributed by atoms with E-state index in [0.29, 0.717) is 10.6 Å². The van der Waals surface area contributed by atoms with Crippen molar-refractivity contribution in [3.8, 4) is 0 Å². The predicted octanol–water partition coefficient (Wildman–Crippen LogP) is 3.72. The zero-order chi connectivity index (χ0) is 19.2. The zero-order valence-corrected chi connectivity index (χ0v) is 17.0. The minimum atomic E-state index is -0.417. The van der Waals surface area contributed by atoms with Crippen LogP contribution in [0.1, 0.15) is 51.0 Å². The molecule has 27 heavy (non-hydrogen) atoms. The Bertz CT molecular complexity index is 900. The molecule has 0 unspecified atom stereocenters. The van der Waals surface area contributed by atoms with Gasteiger partial charge in [-0.1, -0.05) is 30.7 Å². The molecular weight excluding hydrogens is 380 g/mol. The Labute approximate surface area is 168 Å². The highest BCUT2D eigenvalue weighted by Crippen LogP contribution is 2.50. The molecule has 0 bridgehead atoms. The highest BCUT2D eigenvalue weighted by atomic mass is 35.5. The monoisotopic (exact) mass is 402 g/mol. The van der Waals surface area contributed by atoms with Crippen molar-refractivity contribution < 1.29 is 9.59 Å². The number of hydrogen-bond donors (Lipinski definition) is 1. The third kappa shape index (κ3) is 3.33. The lowest BCUT2D eigenvalue weighted by molar-refractivity contribution is -0.120. The van der Waals surface area contributed by atoms with E-state index < -0.39 is 11.3 Å². The topological polar surface area (TPSA) is 63.4 Å². The normalized spacial score (nSPS) is 18.1. The van der Waals surface area contributed by atoms with Crippen LogP contribution in [0.2, 0.25) is 5.02 Å². The van der Waals surface area contributed by atoms with Crippen LogP contribution in [0, 0.1) is 0 Å². The summed E-state index contributed by atoms with van der Waals surface area (Å²) in [5.74, 6) is -0.227. The summed E-state index contributed by atoms with van der Waals surface area (Å²) < 4.78 is 0. The lowest BCUT2D eigenvalue weighted by atomic mass is 9.88. The molecule has 4 nitrogen and oxygen atoms in total. The molecule has 6 heteroatoms. The molecule has 0 atom stereocenters. The number of carbonyl (C=O) groups is 2. The Hall–Kier alpha value is -1.69. The van der Waals surface area contributed by atoms with Gasteiger partial charge in [0.15, 0.2) is 0 Å². The molecule has 1 aliphatic carbocycles. The summed E-state index contributed by atoms with van der Waals surface area (Å²) in [6.07, 6.45) is 2.82. The fraction of sp³-hybridized carbons (Fsp3) is 0.429. The third-order valence-corrected chi connectivity index (χ3v) is 7.37. The van der Waals surface area contributed by atoms with Crippen molar-refractivity contribution in [1.82, 2.24) is 4.90 Å². The number of likely N-dealkylation sites (N-methyl/N-ethyl adjacent to an activating group) is 1. The van der Waals surface area contributed by atoms with Gasteiger partial charge >= 0.3 is 0 Å². The minimum Gasteiger partial charge on any atom is -0.366 e. The molecule has 2 aliphatic rings. The molecule has 1 amide bonds. The zero-order valence-electron chi connectivity index (χ0n) is 15.4. The van der Waals surface area contributed by atoms with Crippen LogP contribution in [0.3, 0.4) is 0 Å². The van der Waals surface area contributed by atoms with Crippen LogP contribution in [0.5, 0.6) is 0 Å². The quantitative estimate of drug-likeness (QED) is 0.800. The van der Waals surface area contributed by atoms with Crippen molar-refractivity contribution in [3.63, 3.8) is 0 Å². The Balaban J connectivity index is 1.63. The van der Waals surface area contributed by atoms with Crippen molar-refractivity contribution in [2.75, 3.05) is 13.1 Å². The number of fused-ring (bicyclic) bond motifs is 1. The smallest absolute Gasteiger partial charge is 0.250 e. The second-order valence-corrected chi connectivity index (χ2v) is 9.10. The second-order valence-electron chi connectivity index (χ2n) is 7.47. The molecule has 2 aromatic rings. The molecule has 1 saturated carbocycles. The molecule has 2 heterocycles. The molecule has 1 aliphatic heterocycles. The Kier molecular flexibility index (Phi) is 4.87. The lowest BCUT2D eigenvalue weighted by Gasteiger charge is -2.25. The number of ketones is 1. The first kappa shape index (κ1) is 18.7. The second kappa shape index (κ2) is 7.04. The molecule has 0 radical (unpaired) electrons. The van der Waals surface area contributed by atoms with Gasteiger partial charge in [0, 0.05) is 34.3 Å². The van der Waals surface area contributed by atoms with Crippen LogP contribution in [-0.2, 0) is 29.6 Å². The fourth-order valence-electron chi connectivity index (χ4n) is 4.13. The van der Waals surface area contributed by atoms with Crippen LogP contribution in [0.4, 0.5) is 0 Å². The van der Waals surface area contributed by atoms with E-state index in [2.05, 4.69) is 11.8 Å². The third-order valence-electron chi connectivity index (χ3n) is 5.90. The Morgan fingerprint density at radius 3 is 2.56 bits per heavy atom. The molecule has 1 aromatic heterocycles. The molecule has 4 rings (SSSR count). The van der Waals surface area contributed by atoms with E-state index in [1.165, 1.54) is 4.88 Å². The number of Topliss-reactive ketones (excluding diaryl/α,β-unsaturated/α-hetero) is 1. The van der Waals surface area contributed by atoms with Gasteiger partial charge in [-0.3, -0.25) is 14.5 Å². The van der Waals surface area contributed by atoms with Crippen molar-refractivity contribution in [1.29, 1.82) is 0 Å². The van der Waals surface area contributed by atoms with Crippen LogP contribution in [0.25, 0.3) is 0 Å². The Morgan fingerprint density at radius 2 is 1.96 bits per heavy atom. The molecule has 1 aromatic carbocycles. The maximum Gasteiger partial charge on any atom is 0.250 e. The lowest BCUT2D eigenvalue weighted by Crippen LogP contribution is -2.30. The van der Waals surface area contributed by atoms with Gasteiger partial charge in [-0.25, -0.2) is 0 Å². The number of carbonyl (C=O) groups excluding carboxylic acids is 2. The van der Waals surface area contributed by atoms with Crippen molar-refractivity contribution in [3.05, 3.63) is 55.7 Å². The SMILES string of the molecule is CCN1CCc2c(sc(CC(=O)C3(c4ccc(Cl)cc4)CC3)c2C(N)=O)C1. The average Bonchev–Trinajstić information content (AvgIpc) is 3.38. The minimum absolute atomic E-state index is 0.179. The van der Waals surface area contributed by atoms with Crippen LogP contribution in [-0.4, -0.2) is 29.7 Å². The van der Waals surface area contributed by atoms with Crippen molar-refractivity contribution in [2.45, 2.75) is 44.6 Å². The summed E-state index contributed by atoms with van der Waals surface area (Å²) in [5.41, 5.74) is 7.98. The number of amides is 1. The van der Waals surface area contributed by atoms with E-state index in [-0.39, 0.29) is 12.2 Å². The van der Waals surface area contributed by atoms with E-state index in [9.17, 15) is 9.59 Å². The first-order chi connectivity index (χ1) is 12.9. The summed E-state index contributed by atoms with van der Waals surface area (Å²) in [6, 6.07) is 7.56. The molecule has 1 fully saturated rings. The number of thiophene rings is 1. The molecule has 0 spiro atoms. The largest absolute Gasteiger partial charge is 0.366 e. The number of primary amides is 1. The number of rotatable bonds is 6. The summed E-state index contributed by atoms with van der Waals surface area (Å²) in [6.45, 7) is 4.90. The van der Waals surface area contributed by atoms with Gasteiger partial charge in [0.2, 0.25) is 5.91 Å². The molecule has 2 N–H and O–H groups in total. The van der Waals surface area contributed by atoms with Crippen molar-refractivity contribution >= 4 is 34.6 Å². The van der Waals surface area contributed by atoms with Gasteiger partial charge < -0.3 is 5.73 Å². The number of halogens is 1. The number of benzene rings is 1. The summed E-state index contributed by atoms with van der Waals surface area (Å²) in [5, 5.41) is 0.671. The number of hydrogen-bond acceptors (Lipinski definition) is 4. The summed E-state index contributed by atoms with van der Waals surface area (Å²) >= 11 is 7.59. The first-order valence-electron chi connectivity index (χ1n) is 9.39. The van der Waals surface area contributed by atoms with Crippen molar-refractivity contribution in [2.24, 2.45) is 5.73 Å². The summed E-state index contributed by atoms with van der Waals surface area (Å²) in [4.78, 5) is 29.7. The molecular formula is C21H23ClN2O2S. The highest BCUT2D eigenvalue weighted by molar-refractivity contribution is 7.12. The van der Waals surface area contributed by atoms with E-state index in [1.54, 1.807) is 11.3 Å². The van der Waals surface area contributed by atoms with E-state index >= 15 is 0 Å². The van der Waals surface area contributed by atoms with Gasteiger partial charge in [-0.15, -0.1) is 11.3 Å². The highest BCUT2D eigenvalue weighted by Gasteiger charge is 2.50. The first-order valence-corrected chi connectivity index (χ1v) is 10.6. The molecule has 0 saturated heterocycles. The van der Waals surface area contributed by atoms with Gasteiger partial charge in [0.25, 0.3) is 0 Å². The van der Waals surface area contributed by atoms with E-state index in [4.69, 9.17) is 17.3 Å². The summed E-state index contributed by atoms with van der Waals surface area (Å²) in [7, 11) is 0. The maximum absolute atomic E-state index is 13.2. The van der Waals surface area contributed by atoms with E-state index in [1.807, 2.05) is 24.3 Å². The van der Waals surface area contributed by atoms with Crippen LogP contribution >= 0.6 is 22.9 Å². The average molecular weight is 403 g/mol. The van der Waals surface area contributed by atoms with Crippen LogP contribution in [0.15, 0.2) is 24.3 Å². The Morgan fingerprint density at radius 1 is 1.26 bits per heavy atom. The van der Waals surface area contributed by atoms with Gasteiger partial charge in [-0.05, 0) is 49.1 Å².